The van der Waals surface area contributed by atoms with E-state index in [1.807, 2.05) is 0 Å². The van der Waals surface area contributed by atoms with Crippen LogP contribution in [-0.2, 0) is 4.79 Å². The number of rotatable bonds is 6. The summed E-state index contributed by atoms with van der Waals surface area (Å²) in [4.78, 5) is 15.2. The molecule has 0 aromatic heterocycles. The van der Waals surface area contributed by atoms with Gasteiger partial charge >= 0.3 is 0 Å². The van der Waals surface area contributed by atoms with Gasteiger partial charge in [0.05, 0.1) is 5.71 Å². The summed E-state index contributed by atoms with van der Waals surface area (Å²) < 4.78 is 13.5. The molecule has 0 aliphatic rings. The molecule has 0 saturated heterocycles. The van der Waals surface area contributed by atoms with Gasteiger partial charge in [-0.15, -0.1) is 0 Å². The Morgan fingerprint density at radius 3 is 2.74 bits per heavy atom. The Morgan fingerprint density at radius 2 is 2.04 bits per heavy atom. The molecule has 0 aliphatic heterocycles. The highest BCUT2D eigenvalue weighted by molar-refractivity contribution is 6.31. The van der Waals surface area contributed by atoms with E-state index in [0.29, 0.717) is 29.3 Å². The summed E-state index contributed by atoms with van der Waals surface area (Å²) in [5, 5.41) is 10.5. The highest BCUT2D eigenvalue weighted by atomic mass is 35.5. The smallest absolute Gasteiger partial charge is 0.217 e. The highest BCUT2D eigenvalue weighted by Crippen LogP contribution is 2.24. The van der Waals surface area contributed by atoms with Gasteiger partial charge in [-0.1, -0.05) is 23.7 Å². The summed E-state index contributed by atoms with van der Waals surface area (Å²) in [6.45, 7) is 0.320. The SMILES string of the molecule is NC(=O)CCCN=C(c1cccc(Cl)c1)c1cc(F)ccc1O. The number of amides is 1. The molecule has 0 atom stereocenters. The summed E-state index contributed by atoms with van der Waals surface area (Å²) in [7, 11) is 0. The van der Waals surface area contributed by atoms with Crippen LogP contribution in [0.4, 0.5) is 4.39 Å². The van der Waals surface area contributed by atoms with Crippen molar-refractivity contribution in [1.82, 2.24) is 0 Å². The number of primary amides is 1. The minimum Gasteiger partial charge on any atom is -0.507 e. The fourth-order valence-electron chi connectivity index (χ4n) is 2.11. The summed E-state index contributed by atoms with van der Waals surface area (Å²) in [5.74, 6) is -0.970. The zero-order valence-electron chi connectivity index (χ0n) is 12.3. The number of benzene rings is 2. The van der Waals surface area contributed by atoms with E-state index >= 15 is 0 Å². The molecule has 2 rings (SSSR count). The molecular formula is C17H16ClFN2O2. The molecule has 6 heteroatoms. The van der Waals surface area contributed by atoms with Gasteiger partial charge in [-0.3, -0.25) is 9.79 Å². The predicted molar refractivity (Wildman–Crippen MR) is 88.5 cm³/mol. The van der Waals surface area contributed by atoms with Crippen LogP contribution in [0.2, 0.25) is 5.02 Å². The zero-order chi connectivity index (χ0) is 16.8. The Balaban J connectivity index is 2.40. The molecule has 0 bridgehead atoms. The average molecular weight is 335 g/mol. The van der Waals surface area contributed by atoms with Crippen molar-refractivity contribution in [1.29, 1.82) is 0 Å². The lowest BCUT2D eigenvalue weighted by Gasteiger charge is -2.10. The molecule has 23 heavy (non-hydrogen) atoms. The number of carbonyl (C=O) groups excluding carboxylic acids is 1. The van der Waals surface area contributed by atoms with Crippen molar-refractivity contribution in [2.24, 2.45) is 10.7 Å². The van der Waals surface area contributed by atoms with Gasteiger partial charge in [0.2, 0.25) is 5.91 Å². The summed E-state index contributed by atoms with van der Waals surface area (Å²) in [5.41, 5.74) is 6.43. The Kier molecular flexibility index (Phi) is 5.71. The minimum absolute atomic E-state index is 0.0833. The van der Waals surface area contributed by atoms with Crippen LogP contribution in [0.15, 0.2) is 47.5 Å². The molecule has 2 aromatic rings. The molecule has 3 N–H and O–H groups in total. The van der Waals surface area contributed by atoms with Crippen molar-refractivity contribution < 1.29 is 14.3 Å². The molecule has 0 heterocycles. The summed E-state index contributed by atoms with van der Waals surface area (Å²) in [6, 6.07) is 10.6. The number of phenolic OH excluding ortho intramolecular Hbond substituents is 1. The van der Waals surface area contributed by atoms with Gasteiger partial charge in [0.25, 0.3) is 0 Å². The second kappa shape index (κ2) is 7.74. The van der Waals surface area contributed by atoms with Crippen molar-refractivity contribution in [3.8, 4) is 5.75 Å². The first kappa shape index (κ1) is 17.0. The number of phenols is 1. The Morgan fingerprint density at radius 1 is 1.26 bits per heavy atom. The van der Waals surface area contributed by atoms with Crippen LogP contribution in [0.5, 0.6) is 5.75 Å². The first-order chi connectivity index (χ1) is 11.0. The van der Waals surface area contributed by atoms with Gasteiger partial charge in [-0.05, 0) is 36.8 Å². The van der Waals surface area contributed by atoms with E-state index in [0.717, 1.165) is 0 Å². The molecule has 0 fully saturated rings. The molecule has 0 saturated carbocycles. The number of aromatic hydroxyl groups is 1. The second-order valence-electron chi connectivity index (χ2n) is 4.97. The number of hydrogen-bond acceptors (Lipinski definition) is 3. The lowest BCUT2D eigenvalue weighted by molar-refractivity contribution is -0.118. The second-order valence-corrected chi connectivity index (χ2v) is 5.41. The van der Waals surface area contributed by atoms with Gasteiger partial charge in [-0.2, -0.15) is 0 Å². The maximum atomic E-state index is 13.5. The quantitative estimate of drug-likeness (QED) is 0.628. The van der Waals surface area contributed by atoms with E-state index < -0.39 is 11.7 Å². The first-order valence-electron chi connectivity index (χ1n) is 7.05. The number of halogens is 2. The van der Waals surface area contributed by atoms with Crippen molar-refractivity contribution in [3.63, 3.8) is 0 Å². The Bertz CT molecular complexity index is 747. The number of nitrogens with two attached hydrogens (primary N) is 1. The minimum atomic E-state index is -0.482. The van der Waals surface area contributed by atoms with Crippen LogP contribution < -0.4 is 5.73 Å². The number of hydrogen-bond donors (Lipinski definition) is 2. The maximum absolute atomic E-state index is 13.5. The maximum Gasteiger partial charge on any atom is 0.217 e. The van der Waals surface area contributed by atoms with Crippen LogP contribution in [0.25, 0.3) is 0 Å². The van der Waals surface area contributed by atoms with Crippen molar-refractivity contribution in [3.05, 3.63) is 64.4 Å². The first-order valence-corrected chi connectivity index (χ1v) is 7.43. The van der Waals surface area contributed by atoms with E-state index in [1.54, 1.807) is 24.3 Å². The van der Waals surface area contributed by atoms with Crippen molar-refractivity contribution in [2.45, 2.75) is 12.8 Å². The van der Waals surface area contributed by atoms with E-state index in [-0.39, 0.29) is 17.7 Å². The van der Waals surface area contributed by atoms with E-state index in [9.17, 15) is 14.3 Å². The van der Waals surface area contributed by atoms with Gasteiger partial charge in [0, 0.05) is 29.1 Å². The summed E-state index contributed by atoms with van der Waals surface area (Å²) in [6.07, 6.45) is 0.678. The van der Waals surface area contributed by atoms with Crippen LogP contribution in [0, 0.1) is 5.82 Å². The fourth-order valence-corrected chi connectivity index (χ4v) is 2.30. The van der Waals surface area contributed by atoms with Crippen LogP contribution in [-0.4, -0.2) is 23.3 Å². The van der Waals surface area contributed by atoms with Gasteiger partial charge in [0.1, 0.15) is 11.6 Å². The molecule has 4 nitrogen and oxygen atoms in total. The third kappa shape index (κ3) is 4.79. The van der Waals surface area contributed by atoms with Gasteiger partial charge in [-0.25, -0.2) is 4.39 Å². The highest BCUT2D eigenvalue weighted by Gasteiger charge is 2.13. The average Bonchev–Trinajstić information content (AvgIpc) is 2.50. The fraction of sp³-hybridized carbons (Fsp3) is 0.176. The standard InChI is InChI=1S/C17H16ClFN2O2/c18-12-4-1-3-11(9-12)17(21-8-2-5-16(20)23)14-10-13(19)6-7-15(14)22/h1,3-4,6-7,9-10,22H,2,5,8H2,(H2,20,23). The molecule has 1 amide bonds. The normalized spacial score (nSPS) is 11.5. The largest absolute Gasteiger partial charge is 0.507 e. The lowest BCUT2D eigenvalue weighted by Crippen LogP contribution is -2.11. The Hall–Kier alpha value is -2.40. The molecule has 0 aliphatic carbocycles. The number of aliphatic imine (C=N–C) groups is 1. The summed E-state index contributed by atoms with van der Waals surface area (Å²) >= 11 is 6.00. The van der Waals surface area contributed by atoms with E-state index in [2.05, 4.69) is 4.99 Å². The topological polar surface area (TPSA) is 75.7 Å². The number of nitrogens with zero attached hydrogens (tertiary/aromatic N) is 1. The molecule has 0 radical (unpaired) electrons. The van der Waals surface area contributed by atoms with E-state index in [4.69, 9.17) is 17.3 Å². The lowest BCUT2D eigenvalue weighted by atomic mass is 10.0. The van der Waals surface area contributed by atoms with Crippen molar-refractivity contribution in [2.75, 3.05) is 6.54 Å². The molecule has 120 valence electrons. The van der Waals surface area contributed by atoms with Crippen molar-refractivity contribution >= 4 is 23.2 Å². The van der Waals surface area contributed by atoms with Crippen LogP contribution in [0.1, 0.15) is 24.0 Å². The zero-order valence-corrected chi connectivity index (χ0v) is 13.1. The van der Waals surface area contributed by atoms with Crippen LogP contribution in [0.3, 0.4) is 0 Å². The van der Waals surface area contributed by atoms with Crippen LogP contribution >= 0.6 is 11.6 Å². The van der Waals surface area contributed by atoms with Gasteiger partial charge in [0.15, 0.2) is 0 Å². The Labute approximate surface area is 138 Å². The molecule has 0 spiro atoms. The molecule has 2 aromatic carbocycles. The number of carbonyl (C=O) groups is 1. The van der Waals surface area contributed by atoms with E-state index in [1.165, 1.54) is 18.2 Å². The predicted octanol–water partition coefficient (Wildman–Crippen LogP) is 3.29. The molecular weight excluding hydrogens is 319 g/mol. The third-order valence-electron chi connectivity index (χ3n) is 3.16. The third-order valence-corrected chi connectivity index (χ3v) is 3.40. The molecule has 0 unspecified atom stereocenters. The monoisotopic (exact) mass is 334 g/mol. The van der Waals surface area contributed by atoms with Gasteiger partial charge < -0.3 is 10.8 Å².